The second kappa shape index (κ2) is 3.38. The van der Waals surface area contributed by atoms with E-state index < -0.39 is 35.1 Å². The summed E-state index contributed by atoms with van der Waals surface area (Å²) in [7, 11) is 0. The van der Waals surface area contributed by atoms with E-state index in [1.54, 1.807) is 6.92 Å². The molecule has 0 saturated heterocycles. The summed E-state index contributed by atoms with van der Waals surface area (Å²) in [6, 6.07) is 0. The summed E-state index contributed by atoms with van der Waals surface area (Å²) < 4.78 is 37.8. The van der Waals surface area contributed by atoms with Crippen molar-refractivity contribution in [3.63, 3.8) is 0 Å². The van der Waals surface area contributed by atoms with Crippen molar-refractivity contribution in [2.24, 2.45) is 22.7 Å². The molecule has 2 rings (SSSR count). The molecule has 100 valence electrons. The first-order valence-electron chi connectivity index (χ1n) is 5.94. The van der Waals surface area contributed by atoms with Crippen LogP contribution in [-0.2, 0) is 0 Å². The molecular formula is C12H18F3O2-. The highest BCUT2D eigenvalue weighted by atomic mass is 19.4. The maximum absolute atomic E-state index is 12.6. The van der Waals surface area contributed by atoms with E-state index in [1.807, 2.05) is 13.8 Å². The second-order valence-corrected chi connectivity index (χ2v) is 6.27. The van der Waals surface area contributed by atoms with E-state index in [1.165, 1.54) is 0 Å². The normalized spacial score (nSPS) is 46.2. The van der Waals surface area contributed by atoms with Crippen molar-refractivity contribution in [3.8, 4) is 0 Å². The molecule has 0 aromatic heterocycles. The average Bonchev–Trinajstić information content (AvgIpc) is 2.47. The predicted molar refractivity (Wildman–Crippen MR) is 54.0 cm³/mol. The monoisotopic (exact) mass is 251 g/mol. The number of hydrogen-bond acceptors (Lipinski definition) is 2. The Morgan fingerprint density at radius 2 is 1.82 bits per heavy atom. The van der Waals surface area contributed by atoms with Crippen molar-refractivity contribution in [1.82, 2.24) is 0 Å². The number of aliphatic hydroxyl groups is 1. The highest BCUT2D eigenvalue weighted by molar-refractivity contribution is 5.15. The smallest absolute Gasteiger partial charge is 0.414 e. The van der Waals surface area contributed by atoms with Gasteiger partial charge in [0.1, 0.15) is 0 Å². The molecule has 0 aliphatic heterocycles. The van der Waals surface area contributed by atoms with Gasteiger partial charge < -0.3 is 10.2 Å². The second-order valence-electron chi connectivity index (χ2n) is 6.27. The summed E-state index contributed by atoms with van der Waals surface area (Å²) in [5, 5.41) is 21.6. The van der Waals surface area contributed by atoms with Gasteiger partial charge in [-0.1, -0.05) is 20.8 Å². The Morgan fingerprint density at radius 1 is 1.29 bits per heavy atom. The first-order chi connectivity index (χ1) is 7.53. The maximum atomic E-state index is 12.6. The Balaban J connectivity index is 2.35. The van der Waals surface area contributed by atoms with E-state index >= 15 is 0 Å². The van der Waals surface area contributed by atoms with E-state index in [-0.39, 0.29) is 5.92 Å². The fourth-order valence-electron chi connectivity index (χ4n) is 3.98. The molecule has 2 fully saturated rings. The van der Waals surface area contributed by atoms with Gasteiger partial charge in [0.2, 0.25) is 0 Å². The van der Waals surface area contributed by atoms with Crippen molar-refractivity contribution in [2.45, 2.75) is 52.0 Å². The van der Waals surface area contributed by atoms with E-state index in [0.717, 1.165) is 0 Å². The van der Waals surface area contributed by atoms with E-state index in [9.17, 15) is 23.4 Å². The summed E-state index contributed by atoms with van der Waals surface area (Å²) in [5.41, 5.74) is -1.05. The first-order valence-corrected chi connectivity index (χ1v) is 5.94. The van der Waals surface area contributed by atoms with E-state index in [2.05, 4.69) is 0 Å². The molecule has 17 heavy (non-hydrogen) atoms. The molecule has 0 aromatic carbocycles. The molecule has 0 amide bonds. The summed E-state index contributed by atoms with van der Waals surface area (Å²) >= 11 is 0. The molecule has 0 aromatic rings. The standard InChI is InChI=1S/C12H18F3O2/c1-10(2)6-4-5-11(10,3)8(16)7(6)9(17)12(13,14)15/h6-9,17H,4-5H2,1-3H3/q-1. The first kappa shape index (κ1) is 13.1. The molecule has 0 spiro atoms. The number of aliphatic hydroxyl groups excluding tert-OH is 1. The van der Waals surface area contributed by atoms with Crippen LogP contribution in [0.2, 0.25) is 0 Å². The third-order valence-electron chi connectivity index (χ3n) is 5.52. The number of halogens is 3. The van der Waals surface area contributed by atoms with Gasteiger partial charge in [0.05, 0.1) is 0 Å². The molecule has 2 saturated carbocycles. The highest BCUT2D eigenvalue weighted by Crippen LogP contribution is 2.68. The van der Waals surface area contributed by atoms with Crippen molar-refractivity contribution < 1.29 is 23.4 Å². The van der Waals surface area contributed by atoms with Crippen LogP contribution in [0.4, 0.5) is 13.2 Å². The van der Waals surface area contributed by atoms with Gasteiger partial charge in [0, 0.05) is 0 Å². The molecule has 2 nitrogen and oxygen atoms in total. The Morgan fingerprint density at radius 3 is 2.18 bits per heavy atom. The van der Waals surface area contributed by atoms with Crippen LogP contribution in [0.25, 0.3) is 0 Å². The van der Waals surface area contributed by atoms with Gasteiger partial charge in [-0.25, -0.2) is 0 Å². The fraction of sp³-hybridized carbons (Fsp3) is 1.00. The van der Waals surface area contributed by atoms with Gasteiger partial charge in [0.25, 0.3) is 0 Å². The lowest BCUT2D eigenvalue weighted by molar-refractivity contribution is -0.466. The Hall–Kier alpha value is -0.290. The number of rotatable bonds is 1. The molecular weight excluding hydrogens is 233 g/mol. The largest absolute Gasteiger partial charge is 0.851 e. The topological polar surface area (TPSA) is 43.3 Å². The average molecular weight is 251 g/mol. The lowest BCUT2D eigenvalue weighted by Crippen LogP contribution is -2.53. The zero-order chi connectivity index (χ0) is 13.2. The highest BCUT2D eigenvalue weighted by Gasteiger charge is 2.65. The van der Waals surface area contributed by atoms with Crippen molar-refractivity contribution in [2.75, 3.05) is 0 Å². The molecule has 2 aliphatic rings. The van der Waals surface area contributed by atoms with E-state index in [4.69, 9.17) is 0 Å². The quantitative estimate of drug-likeness (QED) is 0.771. The Kier molecular flexibility index (Phi) is 2.61. The zero-order valence-electron chi connectivity index (χ0n) is 10.2. The van der Waals surface area contributed by atoms with Gasteiger partial charge in [0.15, 0.2) is 6.10 Å². The van der Waals surface area contributed by atoms with Crippen molar-refractivity contribution in [3.05, 3.63) is 0 Å². The summed E-state index contributed by atoms with van der Waals surface area (Å²) in [6.07, 6.45) is -7.21. The molecule has 0 heterocycles. The van der Waals surface area contributed by atoms with Crippen molar-refractivity contribution >= 4 is 0 Å². The molecule has 0 radical (unpaired) electrons. The lowest BCUT2D eigenvalue weighted by atomic mass is 9.70. The Bertz CT molecular complexity index is 326. The van der Waals surface area contributed by atoms with Crippen molar-refractivity contribution in [1.29, 1.82) is 0 Å². The maximum Gasteiger partial charge on any atom is 0.414 e. The van der Waals surface area contributed by atoms with Crippen LogP contribution in [0.3, 0.4) is 0 Å². The van der Waals surface area contributed by atoms with Crippen LogP contribution in [0, 0.1) is 22.7 Å². The third kappa shape index (κ3) is 1.48. The minimum Gasteiger partial charge on any atom is -0.851 e. The number of alkyl halides is 3. The minimum atomic E-state index is -4.69. The number of fused-ring (bicyclic) bond motifs is 2. The number of hydrogen-bond donors (Lipinski definition) is 1. The summed E-state index contributed by atoms with van der Waals surface area (Å²) in [5.74, 6) is -1.52. The van der Waals surface area contributed by atoms with Crippen LogP contribution >= 0.6 is 0 Å². The lowest BCUT2D eigenvalue weighted by Gasteiger charge is -2.46. The molecule has 2 bridgehead atoms. The van der Waals surface area contributed by atoms with Crippen LogP contribution < -0.4 is 5.11 Å². The molecule has 1 N–H and O–H groups in total. The molecule has 2 aliphatic carbocycles. The molecule has 5 heteroatoms. The van der Waals surface area contributed by atoms with Crippen LogP contribution in [-0.4, -0.2) is 23.5 Å². The fourth-order valence-corrected chi connectivity index (χ4v) is 3.98. The third-order valence-corrected chi connectivity index (χ3v) is 5.52. The summed E-state index contributed by atoms with van der Waals surface area (Å²) in [4.78, 5) is 0. The van der Waals surface area contributed by atoms with Gasteiger partial charge in [-0.05, 0) is 35.5 Å². The SMILES string of the molecule is CC1(C)C2CCC1(C)C([O-])C2C(O)C(F)(F)F. The van der Waals surface area contributed by atoms with Crippen LogP contribution in [0.5, 0.6) is 0 Å². The zero-order valence-corrected chi connectivity index (χ0v) is 10.2. The molecule has 5 unspecified atom stereocenters. The van der Waals surface area contributed by atoms with Gasteiger partial charge in [-0.2, -0.15) is 13.2 Å². The summed E-state index contributed by atoms with van der Waals surface area (Å²) in [6.45, 7) is 5.49. The van der Waals surface area contributed by atoms with Gasteiger partial charge >= 0.3 is 6.18 Å². The van der Waals surface area contributed by atoms with Crippen LogP contribution in [0.15, 0.2) is 0 Å². The van der Waals surface area contributed by atoms with E-state index in [0.29, 0.717) is 12.8 Å². The molecule has 5 atom stereocenters. The van der Waals surface area contributed by atoms with Gasteiger partial charge in [-0.3, -0.25) is 0 Å². The van der Waals surface area contributed by atoms with Crippen LogP contribution in [0.1, 0.15) is 33.6 Å². The Labute approximate surface area is 98.8 Å². The predicted octanol–water partition coefficient (Wildman–Crippen LogP) is 1.71. The van der Waals surface area contributed by atoms with Gasteiger partial charge in [-0.15, -0.1) is 6.10 Å². The minimum absolute atomic E-state index is 0.327.